The molecule has 1 heterocycles. The van der Waals surface area contributed by atoms with E-state index in [0.717, 1.165) is 17.7 Å². The van der Waals surface area contributed by atoms with E-state index in [1.807, 2.05) is 50.8 Å². The molecule has 2 N–H and O–H groups in total. The number of carbonyl (C=O) groups is 2. The van der Waals surface area contributed by atoms with Crippen LogP contribution in [-0.2, 0) is 9.59 Å². The summed E-state index contributed by atoms with van der Waals surface area (Å²) in [6, 6.07) is 12.7. The summed E-state index contributed by atoms with van der Waals surface area (Å²) in [6.07, 6.45) is 0.180. The zero-order chi connectivity index (χ0) is 22.1. The minimum Gasteiger partial charge on any atom is -0.477 e. The quantitative estimate of drug-likeness (QED) is 0.710. The number of benzene rings is 2. The maximum Gasteiger partial charge on any atom is 0.262 e. The van der Waals surface area contributed by atoms with Crippen molar-refractivity contribution in [3.05, 3.63) is 53.1 Å². The van der Waals surface area contributed by atoms with Crippen molar-refractivity contribution in [3.8, 4) is 5.75 Å². The number of para-hydroxylation sites is 1. The highest BCUT2D eigenvalue weighted by Crippen LogP contribution is 2.36. The number of nitrogens with zero attached hydrogens (tertiary/aromatic N) is 1. The first-order valence-electron chi connectivity index (χ1n) is 10.3. The van der Waals surface area contributed by atoms with Crippen LogP contribution in [0.15, 0.2) is 42.5 Å². The van der Waals surface area contributed by atoms with Gasteiger partial charge in [-0.1, -0.05) is 50.6 Å². The summed E-state index contributed by atoms with van der Waals surface area (Å²) in [5, 5.41) is 6.27. The monoisotopic (exact) mass is 431 g/mol. The van der Waals surface area contributed by atoms with Crippen molar-refractivity contribution in [2.45, 2.75) is 40.2 Å². The van der Waals surface area contributed by atoms with Crippen molar-refractivity contribution < 1.29 is 14.3 Å². The molecule has 3 rings (SSSR count). The number of hydrogen-bond donors (Lipinski definition) is 2. The molecular weight excluding hydrogens is 402 g/mol. The molecule has 1 aliphatic rings. The lowest BCUT2D eigenvalue weighted by atomic mass is 10.1. The molecular formula is C23H30ClN3O3. The maximum atomic E-state index is 12.6. The Bertz CT molecular complexity index is 873. The van der Waals surface area contributed by atoms with E-state index in [1.165, 1.54) is 0 Å². The fraction of sp³-hybridized carbons (Fsp3) is 0.391. The highest BCUT2D eigenvalue weighted by atomic mass is 35.5. The van der Waals surface area contributed by atoms with Crippen molar-refractivity contribution in [1.82, 2.24) is 5.32 Å². The molecule has 0 saturated carbocycles. The third kappa shape index (κ3) is 6.13. The third-order valence-electron chi connectivity index (χ3n) is 4.46. The van der Waals surface area contributed by atoms with E-state index in [1.54, 1.807) is 24.3 Å². The molecule has 0 aliphatic carbocycles. The van der Waals surface area contributed by atoms with Crippen LogP contribution in [0.4, 0.5) is 11.4 Å². The summed E-state index contributed by atoms with van der Waals surface area (Å²) in [5.41, 5.74) is 2.46. The van der Waals surface area contributed by atoms with Gasteiger partial charge in [0, 0.05) is 17.3 Å². The molecule has 0 radical (unpaired) electrons. The summed E-state index contributed by atoms with van der Waals surface area (Å²) < 4.78 is 5.91. The zero-order valence-electron chi connectivity index (χ0n) is 18.0. The van der Waals surface area contributed by atoms with Crippen molar-refractivity contribution in [2.75, 3.05) is 29.9 Å². The van der Waals surface area contributed by atoms with Crippen LogP contribution in [0.1, 0.15) is 32.8 Å². The highest BCUT2D eigenvalue weighted by Gasteiger charge is 2.32. The van der Waals surface area contributed by atoms with E-state index < -0.39 is 6.10 Å². The predicted octanol–water partition coefficient (Wildman–Crippen LogP) is 4.41. The normalized spacial score (nSPS) is 14.6. The van der Waals surface area contributed by atoms with Crippen LogP contribution in [0.25, 0.3) is 0 Å². The van der Waals surface area contributed by atoms with Crippen LogP contribution in [-0.4, -0.2) is 37.6 Å². The van der Waals surface area contributed by atoms with Gasteiger partial charge in [-0.25, -0.2) is 0 Å². The molecule has 0 saturated heterocycles. The van der Waals surface area contributed by atoms with Crippen molar-refractivity contribution in [2.24, 2.45) is 0 Å². The van der Waals surface area contributed by atoms with E-state index in [-0.39, 0.29) is 18.4 Å². The topological polar surface area (TPSA) is 70.7 Å². The second-order valence-electron chi connectivity index (χ2n) is 6.76. The maximum absolute atomic E-state index is 12.6. The molecule has 162 valence electrons. The average Bonchev–Trinajstić information content (AvgIpc) is 2.73. The molecule has 2 amide bonds. The van der Waals surface area contributed by atoms with Crippen LogP contribution in [0.3, 0.4) is 0 Å². The Morgan fingerprint density at radius 2 is 1.93 bits per heavy atom. The lowest BCUT2D eigenvalue weighted by molar-refractivity contribution is -0.128. The van der Waals surface area contributed by atoms with Gasteiger partial charge >= 0.3 is 0 Å². The third-order valence-corrected chi connectivity index (χ3v) is 4.69. The summed E-state index contributed by atoms with van der Waals surface area (Å²) in [6.45, 7) is 8.95. The standard InChI is InChI=1S/C21H24ClN3O3.C2H6/c1-3-10-23-21(27)18-12-25(20-14(2)6-4-9-17(20)28-18)13-19(26)24-16-8-5-7-15(22)11-16;1-2/h4-9,11,18H,3,10,12-13H2,1-2H3,(H,23,27)(H,24,26);1-2H3. The molecule has 2 aromatic carbocycles. The van der Waals surface area contributed by atoms with Gasteiger partial charge in [-0.15, -0.1) is 0 Å². The van der Waals surface area contributed by atoms with E-state index >= 15 is 0 Å². The van der Waals surface area contributed by atoms with Crippen LogP contribution in [0.2, 0.25) is 5.02 Å². The fourth-order valence-corrected chi connectivity index (χ4v) is 3.39. The molecule has 2 aromatic rings. The van der Waals surface area contributed by atoms with Gasteiger partial charge in [-0.3, -0.25) is 9.59 Å². The number of rotatable bonds is 6. The molecule has 6 nitrogen and oxygen atoms in total. The molecule has 30 heavy (non-hydrogen) atoms. The molecule has 0 aromatic heterocycles. The Labute approximate surface area is 183 Å². The molecule has 1 atom stereocenters. The number of carbonyl (C=O) groups excluding carboxylic acids is 2. The van der Waals surface area contributed by atoms with Crippen molar-refractivity contribution in [3.63, 3.8) is 0 Å². The first-order chi connectivity index (χ1) is 14.5. The fourth-order valence-electron chi connectivity index (χ4n) is 3.20. The number of ether oxygens (including phenoxy) is 1. The number of amides is 2. The van der Waals surface area contributed by atoms with Gasteiger partial charge in [0.25, 0.3) is 5.91 Å². The zero-order valence-corrected chi connectivity index (χ0v) is 18.8. The molecule has 0 spiro atoms. The Kier molecular flexibility index (Phi) is 8.99. The minimum absolute atomic E-state index is 0.102. The number of anilines is 2. The van der Waals surface area contributed by atoms with Crippen molar-refractivity contribution in [1.29, 1.82) is 0 Å². The second kappa shape index (κ2) is 11.5. The van der Waals surface area contributed by atoms with E-state index in [2.05, 4.69) is 10.6 Å². The lowest BCUT2D eigenvalue weighted by Crippen LogP contribution is -2.51. The molecule has 1 unspecified atom stereocenters. The van der Waals surface area contributed by atoms with Crippen molar-refractivity contribution >= 4 is 34.8 Å². The van der Waals surface area contributed by atoms with Gasteiger partial charge in [-0.05, 0) is 43.2 Å². The number of aryl methyl sites for hydroxylation is 1. The Hall–Kier alpha value is -2.73. The Morgan fingerprint density at radius 1 is 1.20 bits per heavy atom. The molecule has 0 fully saturated rings. The van der Waals surface area contributed by atoms with Crippen LogP contribution >= 0.6 is 11.6 Å². The SMILES string of the molecule is CC.CCCNC(=O)C1CN(CC(=O)Nc2cccc(Cl)c2)c2c(C)cccc2O1. The number of nitrogens with one attached hydrogen (secondary N) is 2. The summed E-state index contributed by atoms with van der Waals surface area (Å²) in [7, 11) is 0. The van der Waals surface area contributed by atoms with Gasteiger partial charge in [0.15, 0.2) is 6.10 Å². The first kappa shape index (κ1) is 23.5. The lowest BCUT2D eigenvalue weighted by Gasteiger charge is -2.36. The van der Waals surface area contributed by atoms with E-state index in [4.69, 9.17) is 16.3 Å². The number of hydrogen-bond acceptors (Lipinski definition) is 4. The van der Waals surface area contributed by atoms with Crippen LogP contribution < -0.4 is 20.3 Å². The smallest absolute Gasteiger partial charge is 0.262 e. The molecule has 7 heteroatoms. The first-order valence-corrected chi connectivity index (χ1v) is 10.7. The largest absolute Gasteiger partial charge is 0.477 e. The van der Waals surface area contributed by atoms with Crippen LogP contribution in [0.5, 0.6) is 5.75 Å². The second-order valence-corrected chi connectivity index (χ2v) is 7.19. The summed E-state index contributed by atoms with van der Waals surface area (Å²) in [5.74, 6) is 0.249. The summed E-state index contributed by atoms with van der Waals surface area (Å²) >= 11 is 5.98. The van der Waals surface area contributed by atoms with E-state index in [0.29, 0.717) is 29.5 Å². The Morgan fingerprint density at radius 3 is 2.63 bits per heavy atom. The van der Waals surface area contributed by atoms with Gasteiger partial charge < -0.3 is 20.3 Å². The van der Waals surface area contributed by atoms with Crippen LogP contribution in [0, 0.1) is 6.92 Å². The Balaban J connectivity index is 0.00000155. The molecule has 1 aliphatic heterocycles. The van der Waals surface area contributed by atoms with Gasteiger partial charge in [0.1, 0.15) is 5.75 Å². The summed E-state index contributed by atoms with van der Waals surface area (Å²) in [4.78, 5) is 27.0. The average molecular weight is 432 g/mol. The number of fused-ring (bicyclic) bond motifs is 1. The predicted molar refractivity (Wildman–Crippen MR) is 123 cm³/mol. The van der Waals surface area contributed by atoms with Gasteiger partial charge in [-0.2, -0.15) is 0 Å². The van der Waals surface area contributed by atoms with Gasteiger partial charge in [0.2, 0.25) is 5.91 Å². The van der Waals surface area contributed by atoms with E-state index in [9.17, 15) is 9.59 Å². The minimum atomic E-state index is -0.667. The van der Waals surface area contributed by atoms with Gasteiger partial charge in [0.05, 0.1) is 18.8 Å². The molecule has 0 bridgehead atoms. The highest BCUT2D eigenvalue weighted by molar-refractivity contribution is 6.30. The number of halogens is 1.